The van der Waals surface area contributed by atoms with Gasteiger partial charge in [-0.15, -0.1) is 0 Å². The summed E-state index contributed by atoms with van der Waals surface area (Å²) < 4.78 is 3.56. The van der Waals surface area contributed by atoms with Gasteiger partial charge in [0.25, 0.3) is 11.5 Å². The van der Waals surface area contributed by atoms with E-state index in [0.717, 1.165) is 22.3 Å². The van der Waals surface area contributed by atoms with Gasteiger partial charge < -0.3 is 4.57 Å². The molecular weight excluding hydrogens is 378 g/mol. The van der Waals surface area contributed by atoms with Gasteiger partial charge in [0.15, 0.2) is 0 Å². The number of hydroxylamine groups is 2. The minimum Gasteiger partial charge on any atom is -0.331 e. The Bertz CT molecular complexity index is 1270. The van der Waals surface area contributed by atoms with Crippen molar-refractivity contribution < 1.29 is 9.63 Å². The molecule has 0 radical (unpaired) electrons. The van der Waals surface area contributed by atoms with Crippen molar-refractivity contribution in [3.63, 3.8) is 0 Å². The predicted octanol–water partition coefficient (Wildman–Crippen LogP) is 3.78. The predicted molar refractivity (Wildman–Crippen MR) is 117 cm³/mol. The normalized spacial score (nSPS) is 11.0. The summed E-state index contributed by atoms with van der Waals surface area (Å²) in [6.07, 6.45) is 0. The molecular formula is C24H23N3O3. The van der Waals surface area contributed by atoms with Crippen LogP contribution in [0.15, 0.2) is 77.6 Å². The maximum atomic E-state index is 13.0. The van der Waals surface area contributed by atoms with Crippen LogP contribution in [-0.4, -0.2) is 34.3 Å². The molecule has 30 heavy (non-hydrogen) atoms. The number of aromatic nitrogens is 2. The molecule has 4 aromatic rings. The summed E-state index contributed by atoms with van der Waals surface area (Å²) in [6, 6.07) is 22.7. The maximum absolute atomic E-state index is 13.0. The van der Waals surface area contributed by atoms with Crippen molar-refractivity contribution in [2.24, 2.45) is 0 Å². The summed E-state index contributed by atoms with van der Waals surface area (Å²) in [5, 5.41) is 1.19. The van der Waals surface area contributed by atoms with Crippen molar-refractivity contribution in [2.75, 3.05) is 14.2 Å². The van der Waals surface area contributed by atoms with Crippen molar-refractivity contribution in [2.45, 2.75) is 13.5 Å². The summed E-state index contributed by atoms with van der Waals surface area (Å²) in [5.41, 5.74) is 4.74. The maximum Gasteiger partial charge on any atom is 0.293 e. The number of aryl methyl sites for hydroxylation is 1. The number of hydrogen-bond donors (Lipinski definition) is 0. The van der Waals surface area contributed by atoms with E-state index in [-0.39, 0.29) is 11.5 Å². The molecule has 0 aliphatic heterocycles. The van der Waals surface area contributed by atoms with E-state index < -0.39 is 0 Å². The lowest BCUT2D eigenvalue weighted by molar-refractivity contribution is -0.0762. The van der Waals surface area contributed by atoms with E-state index in [9.17, 15) is 9.59 Å². The van der Waals surface area contributed by atoms with Crippen molar-refractivity contribution in [3.05, 3.63) is 100.0 Å². The van der Waals surface area contributed by atoms with E-state index in [1.54, 1.807) is 23.7 Å². The molecule has 0 saturated carbocycles. The molecule has 2 aromatic heterocycles. The third kappa shape index (κ3) is 3.53. The molecule has 0 spiro atoms. The number of hydrogen-bond acceptors (Lipinski definition) is 3. The van der Waals surface area contributed by atoms with Gasteiger partial charge in [-0.05, 0) is 36.8 Å². The Labute approximate surface area is 174 Å². The zero-order valence-corrected chi connectivity index (χ0v) is 17.2. The van der Waals surface area contributed by atoms with E-state index in [2.05, 4.69) is 6.07 Å². The van der Waals surface area contributed by atoms with Crippen LogP contribution in [0.3, 0.4) is 0 Å². The second-order valence-electron chi connectivity index (χ2n) is 7.20. The standard InChI is InChI=1S/C24H23N3O3/c1-17-8-7-9-18(14-17)16-26-20-12-13-23(28)27(19-10-5-4-6-11-19)21(20)15-22(26)24(29)25(2)30-3/h4-15H,16H2,1-3H3. The van der Waals surface area contributed by atoms with Gasteiger partial charge in [0.1, 0.15) is 5.69 Å². The lowest BCUT2D eigenvalue weighted by Crippen LogP contribution is -2.27. The fraction of sp³-hybridized carbons (Fsp3) is 0.167. The van der Waals surface area contributed by atoms with Gasteiger partial charge in [-0.2, -0.15) is 0 Å². The van der Waals surface area contributed by atoms with Crippen LogP contribution >= 0.6 is 0 Å². The quantitative estimate of drug-likeness (QED) is 0.478. The largest absolute Gasteiger partial charge is 0.331 e. The number of fused-ring (bicyclic) bond motifs is 1. The van der Waals surface area contributed by atoms with E-state index in [1.807, 2.05) is 60.0 Å². The monoisotopic (exact) mass is 401 g/mol. The Balaban J connectivity index is 1.98. The lowest BCUT2D eigenvalue weighted by Gasteiger charge is -2.16. The molecule has 152 valence electrons. The minimum absolute atomic E-state index is 0.152. The Morgan fingerprint density at radius 1 is 0.967 bits per heavy atom. The first-order valence-corrected chi connectivity index (χ1v) is 9.68. The first-order valence-electron chi connectivity index (χ1n) is 9.68. The zero-order valence-electron chi connectivity index (χ0n) is 17.2. The van der Waals surface area contributed by atoms with Crippen molar-refractivity contribution >= 4 is 16.9 Å². The SMILES string of the molecule is CON(C)C(=O)c1cc2c(ccc(=O)n2-c2ccccc2)n1Cc1cccc(C)c1. The Morgan fingerprint density at radius 3 is 2.43 bits per heavy atom. The van der Waals surface area contributed by atoms with Crippen LogP contribution in [0.4, 0.5) is 0 Å². The van der Waals surface area contributed by atoms with Crippen LogP contribution in [0.2, 0.25) is 0 Å². The van der Waals surface area contributed by atoms with Gasteiger partial charge in [-0.1, -0.05) is 48.0 Å². The van der Waals surface area contributed by atoms with Gasteiger partial charge in [-0.3, -0.25) is 19.0 Å². The number of benzene rings is 2. The molecule has 0 unspecified atom stereocenters. The Kier molecular flexibility index (Phi) is 5.25. The van der Waals surface area contributed by atoms with E-state index in [4.69, 9.17) is 4.84 Å². The van der Waals surface area contributed by atoms with Crippen LogP contribution in [0.5, 0.6) is 0 Å². The fourth-order valence-corrected chi connectivity index (χ4v) is 3.68. The molecule has 0 atom stereocenters. The average molecular weight is 401 g/mol. The fourth-order valence-electron chi connectivity index (χ4n) is 3.68. The van der Waals surface area contributed by atoms with Crippen molar-refractivity contribution in [3.8, 4) is 5.69 Å². The van der Waals surface area contributed by atoms with Gasteiger partial charge in [0.2, 0.25) is 0 Å². The van der Waals surface area contributed by atoms with Crippen LogP contribution in [0.25, 0.3) is 16.7 Å². The summed E-state index contributed by atoms with van der Waals surface area (Å²) in [7, 11) is 3.02. The molecule has 0 bridgehead atoms. The van der Waals surface area contributed by atoms with Gasteiger partial charge in [-0.25, -0.2) is 5.06 Å². The third-order valence-electron chi connectivity index (χ3n) is 5.18. The second kappa shape index (κ2) is 8.00. The number of amides is 1. The highest BCUT2D eigenvalue weighted by atomic mass is 16.7. The van der Waals surface area contributed by atoms with E-state index >= 15 is 0 Å². The van der Waals surface area contributed by atoms with Gasteiger partial charge in [0, 0.05) is 25.3 Å². The number of nitrogens with zero attached hydrogens (tertiary/aromatic N) is 3. The van der Waals surface area contributed by atoms with Gasteiger partial charge >= 0.3 is 0 Å². The number of carbonyl (C=O) groups is 1. The molecule has 4 rings (SSSR count). The van der Waals surface area contributed by atoms with E-state index in [0.29, 0.717) is 17.8 Å². The topological polar surface area (TPSA) is 56.5 Å². The highest BCUT2D eigenvalue weighted by Crippen LogP contribution is 2.24. The Hall–Kier alpha value is -3.64. The van der Waals surface area contributed by atoms with Gasteiger partial charge in [0.05, 0.1) is 18.1 Å². The average Bonchev–Trinajstić information content (AvgIpc) is 3.11. The summed E-state index contributed by atoms with van der Waals surface area (Å²) >= 11 is 0. The number of rotatable bonds is 5. The molecule has 2 heterocycles. The molecule has 6 heteroatoms. The molecule has 0 aliphatic rings. The molecule has 0 aliphatic carbocycles. The summed E-state index contributed by atoms with van der Waals surface area (Å²) in [4.78, 5) is 30.9. The molecule has 0 saturated heterocycles. The zero-order chi connectivity index (χ0) is 21.3. The highest BCUT2D eigenvalue weighted by Gasteiger charge is 2.21. The first-order chi connectivity index (χ1) is 14.5. The second-order valence-corrected chi connectivity index (χ2v) is 7.20. The Morgan fingerprint density at radius 2 is 1.73 bits per heavy atom. The minimum atomic E-state index is -0.284. The highest BCUT2D eigenvalue weighted by molar-refractivity contribution is 5.97. The van der Waals surface area contributed by atoms with Crippen molar-refractivity contribution in [1.82, 2.24) is 14.2 Å². The first kappa shape index (κ1) is 19.7. The van der Waals surface area contributed by atoms with Crippen molar-refractivity contribution in [1.29, 1.82) is 0 Å². The smallest absolute Gasteiger partial charge is 0.293 e. The molecule has 0 N–H and O–H groups in total. The summed E-state index contributed by atoms with van der Waals surface area (Å²) in [5.74, 6) is -0.284. The number of para-hydroxylation sites is 1. The molecule has 0 fully saturated rings. The summed E-state index contributed by atoms with van der Waals surface area (Å²) in [6.45, 7) is 2.53. The van der Waals surface area contributed by atoms with Crippen LogP contribution < -0.4 is 5.56 Å². The number of carbonyl (C=O) groups excluding carboxylic acids is 1. The molecule has 1 amide bonds. The van der Waals surface area contributed by atoms with Crippen LogP contribution in [0.1, 0.15) is 21.6 Å². The van der Waals surface area contributed by atoms with Crippen LogP contribution in [0, 0.1) is 6.92 Å². The molecule has 2 aromatic carbocycles. The number of pyridine rings is 1. The third-order valence-corrected chi connectivity index (χ3v) is 5.18. The van der Waals surface area contributed by atoms with Crippen LogP contribution in [-0.2, 0) is 11.4 Å². The lowest BCUT2D eigenvalue weighted by atomic mass is 10.1. The molecule has 6 nitrogen and oxygen atoms in total. The van der Waals surface area contributed by atoms with E-state index in [1.165, 1.54) is 18.2 Å².